The topological polar surface area (TPSA) is 30.2 Å². The highest BCUT2D eigenvalue weighted by Gasteiger charge is 2.22. The van der Waals surface area contributed by atoms with Crippen LogP contribution in [0.3, 0.4) is 0 Å². The van der Waals surface area contributed by atoms with Crippen LogP contribution in [0.2, 0.25) is 0 Å². The van der Waals surface area contributed by atoms with Gasteiger partial charge in [0.05, 0.1) is 10.3 Å². The first-order chi connectivity index (χ1) is 8.68. The summed E-state index contributed by atoms with van der Waals surface area (Å²) in [6.07, 6.45) is 2.16. The van der Waals surface area contributed by atoms with Gasteiger partial charge in [-0.25, -0.2) is 0 Å². The largest absolute Gasteiger partial charge is 0.455 e. The zero-order chi connectivity index (χ0) is 12.7. The van der Waals surface area contributed by atoms with Crippen molar-refractivity contribution in [2.45, 2.75) is 18.7 Å². The molecule has 2 aromatic rings. The van der Waals surface area contributed by atoms with Gasteiger partial charge in [-0.3, -0.25) is 4.79 Å². The monoisotopic (exact) mass is 258 g/mol. The fraction of sp³-hybridized carbons (Fsp3) is 0.267. The van der Waals surface area contributed by atoms with Gasteiger partial charge in [0.1, 0.15) is 11.3 Å². The van der Waals surface area contributed by atoms with E-state index in [-0.39, 0.29) is 5.43 Å². The molecule has 0 saturated heterocycles. The van der Waals surface area contributed by atoms with Crippen molar-refractivity contribution in [1.82, 2.24) is 0 Å². The number of rotatable bonds is 1. The Kier molecular flexibility index (Phi) is 2.78. The predicted molar refractivity (Wildman–Crippen MR) is 76.0 cm³/mol. The highest BCUT2D eigenvalue weighted by Crippen LogP contribution is 2.36. The summed E-state index contributed by atoms with van der Waals surface area (Å²) < 4.78 is 5.95. The minimum absolute atomic E-state index is 0.100. The number of hydrogen-bond acceptors (Lipinski definition) is 3. The van der Waals surface area contributed by atoms with Gasteiger partial charge in [0.15, 0.2) is 0 Å². The second kappa shape index (κ2) is 4.32. The third kappa shape index (κ3) is 1.70. The Bertz CT molecular complexity index is 695. The Morgan fingerprint density at radius 1 is 1.28 bits per heavy atom. The van der Waals surface area contributed by atoms with E-state index in [1.807, 2.05) is 24.3 Å². The third-order valence-corrected chi connectivity index (χ3v) is 4.16. The van der Waals surface area contributed by atoms with E-state index in [0.717, 1.165) is 22.0 Å². The number of benzene rings is 1. The average Bonchev–Trinajstić information content (AvgIpc) is 2.38. The second-order valence-electron chi connectivity index (χ2n) is 4.71. The number of hydrogen-bond donors (Lipinski definition) is 0. The van der Waals surface area contributed by atoms with Crippen LogP contribution in [-0.4, -0.2) is 5.75 Å². The van der Waals surface area contributed by atoms with Crippen LogP contribution in [0.25, 0.3) is 16.5 Å². The average molecular weight is 258 g/mol. The van der Waals surface area contributed by atoms with Crippen molar-refractivity contribution in [1.29, 1.82) is 0 Å². The molecule has 3 rings (SSSR count). The Balaban J connectivity index is 2.37. The lowest BCUT2D eigenvalue weighted by molar-refractivity contribution is 0.558. The zero-order valence-electron chi connectivity index (χ0n) is 10.4. The van der Waals surface area contributed by atoms with Crippen LogP contribution in [0.15, 0.2) is 44.4 Å². The van der Waals surface area contributed by atoms with Crippen LogP contribution in [0, 0.1) is 5.92 Å². The van der Waals surface area contributed by atoms with E-state index in [1.165, 1.54) is 0 Å². The fourth-order valence-electron chi connectivity index (χ4n) is 2.25. The molecule has 1 aliphatic heterocycles. The molecule has 0 atom stereocenters. The van der Waals surface area contributed by atoms with Crippen molar-refractivity contribution in [3.63, 3.8) is 0 Å². The van der Waals surface area contributed by atoms with E-state index in [9.17, 15) is 4.79 Å². The van der Waals surface area contributed by atoms with E-state index in [2.05, 4.69) is 19.9 Å². The minimum Gasteiger partial charge on any atom is -0.455 e. The van der Waals surface area contributed by atoms with Gasteiger partial charge in [-0.2, -0.15) is 0 Å². The van der Waals surface area contributed by atoms with E-state index in [0.29, 0.717) is 16.9 Å². The molecule has 0 saturated carbocycles. The molecule has 0 unspecified atom stereocenters. The van der Waals surface area contributed by atoms with Crippen LogP contribution < -0.4 is 5.43 Å². The molecule has 2 heterocycles. The summed E-state index contributed by atoms with van der Waals surface area (Å²) in [6, 6.07) is 7.45. The summed E-state index contributed by atoms with van der Waals surface area (Å²) in [5.41, 5.74) is 1.92. The van der Waals surface area contributed by atoms with Crippen molar-refractivity contribution >= 4 is 28.3 Å². The van der Waals surface area contributed by atoms with Gasteiger partial charge in [0.2, 0.25) is 5.43 Å². The van der Waals surface area contributed by atoms with Crippen molar-refractivity contribution in [2.75, 3.05) is 5.75 Å². The highest BCUT2D eigenvalue weighted by atomic mass is 32.2. The molecule has 0 bridgehead atoms. The van der Waals surface area contributed by atoms with Gasteiger partial charge >= 0.3 is 0 Å². The molecule has 0 amide bonds. The molecule has 0 aliphatic carbocycles. The normalized spacial score (nSPS) is 14.7. The van der Waals surface area contributed by atoms with Gasteiger partial charge in [-0.15, -0.1) is 11.8 Å². The van der Waals surface area contributed by atoms with Crippen molar-refractivity contribution in [2.24, 2.45) is 5.92 Å². The van der Waals surface area contributed by atoms with Crippen LogP contribution in [0.1, 0.15) is 19.6 Å². The van der Waals surface area contributed by atoms with Crippen LogP contribution >= 0.6 is 11.8 Å². The molecule has 0 radical (unpaired) electrons. The maximum absolute atomic E-state index is 12.4. The third-order valence-electron chi connectivity index (χ3n) is 3.17. The number of para-hydroxylation sites is 1. The van der Waals surface area contributed by atoms with Crippen LogP contribution in [-0.2, 0) is 0 Å². The maximum Gasteiger partial charge on any atom is 0.206 e. The van der Waals surface area contributed by atoms with Crippen molar-refractivity contribution in [3.05, 3.63) is 46.3 Å². The summed E-state index contributed by atoms with van der Waals surface area (Å²) in [4.78, 5) is 13.2. The van der Waals surface area contributed by atoms with Crippen molar-refractivity contribution in [3.8, 4) is 0 Å². The lowest BCUT2D eigenvalue weighted by Crippen LogP contribution is -2.12. The maximum atomic E-state index is 12.4. The van der Waals surface area contributed by atoms with Gasteiger partial charge in [0.25, 0.3) is 0 Å². The molecular formula is C15H14O2S. The molecule has 18 heavy (non-hydrogen) atoms. The van der Waals surface area contributed by atoms with Crippen molar-refractivity contribution < 1.29 is 4.42 Å². The minimum atomic E-state index is 0.100. The Labute approximate surface area is 110 Å². The highest BCUT2D eigenvalue weighted by molar-refractivity contribution is 7.99. The van der Waals surface area contributed by atoms with E-state index in [4.69, 9.17) is 4.42 Å². The van der Waals surface area contributed by atoms with Gasteiger partial charge in [-0.1, -0.05) is 32.1 Å². The van der Waals surface area contributed by atoms with E-state index in [1.54, 1.807) is 11.8 Å². The van der Waals surface area contributed by atoms with E-state index < -0.39 is 0 Å². The summed E-state index contributed by atoms with van der Waals surface area (Å²) in [7, 11) is 0. The Morgan fingerprint density at radius 2 is 2.06 bits per heavy atom. The molecular weight excluding hydrogens is 244 g/mol. The molecule has 1 aromatic heterocycles. The second-order valence-corrected chi connectivity index (χ2v) is 5.74. The van der Waals surface area contributed by atoms with E-state index >= 15 is 0 Å². The molecule has 1 aliphatic rings. The number of allylic oxidation sites excluding steroid dienone is 1. The van der Waals surface area contributed by atoms with Crippen LogP contribution in [0.5, 0.6) is 0 Å². The smallest absolute Gasteiger partial charge is 0.206 e. The fourth-order valence-corrected chi connectivity index (χ4v) is 3.21. The lowest BCUT2D eigenvalue weighted by atomic mass is 9.99. The number of thioether (sulfide) groups is 1. The Morgan fingerprint density at radius 3 is 2.83 bits per heavy atom. The predicted octanol–water partition coefficient (Wildman–Crippen LogP) is 3.94. The first-order valence-corrected chi connectivity index (χ1v) is 7.06. The molecule has 92 valence electrons. The molecule has 3 heteroatoms. The molecule has 0 fully saturated rings. The molecule has 1 aromatic carbocycles. The molecule has 0 N–H and O–H groups in total. The molecule has 2 nitrogen and oxygen atoms in total. The molecule has 0 spiro atoms. The van der Waals surface area contributed by atoms with Crippen LogP contribution in [0.4, 0.5) is 0 Å². The van der Waals surface area contributed by atoms with Gasteiger partial charge < -0.3 is 4.42 Å². The first-order valence-electron chi connectivity index (χ1n) is 6.07. The first kappa shape index (κ1) is 11.6. The Hall–Kier alpha value is -1.48. The number of fused-ring (bicyclic) bond motifs is 2. The summed E-state index contributed by atoms with van der Waals surface area (Å²) in [5.74, 6) is 1.99. The summed E-state index contributed by atoms with van der Waals surface area (Å²) >= 11 is 1.57. The SMILES string of the molecule is CC(C)C1=CCSc2c1oc1ccccc1c2=O. The summed E-state index contributed by atoms with van der Waals surface area (Å²) in [5, 5.41) is 0.675. The van der Waals surface area contributed by atoms with Gasteiger partial charge in [-0.05, 0) is 23.6 Å². The van der Waals surface area contributed by atoms with Gasteiger partial charge in [0, 0.05) is 5.75 Å². The summed E-state index contributed by atoms with van der Waals surface area (Å²) in [6.45, 7) is 4.25. The zero-order valence-corrected chi connectivity index (χ0v) is 11.2. The quantitative estimate of drug-likeness (QED) is 0.776. The lowest BCUT2D eigenvalue weighted by Gasteiger charge is -2.18. The standard InChI is InChI=1S/C15H14O2S/c1-9(2)10-7-8-18-15-13(16)11-5-3-4-6-12(11)17-14(10)15/h3-7,9H,8H2,1-2H3.